The first-order chi connectivity index (χ1) is 3.83. The molecule has 0 radical (unpaired) electrons. The summed E-state index contributed by atoms with van der Waals surface area (Å²) in [4.78, 5) is 1.34. The summed E-state index contributed by atoms with van der Waals surface area (Å²) in [6.45, 7) is 0. The Hall–Kier alpha value is -0.0200. The minimum absolute atomic E-state index is 1.34. The van der Waals surface area contributed by atoms with Gasteiger partial charge in [-0.15, -0.1) is 15.7 Å². The Kier molecular flexibility index (Phi) is 1.91. The van der Waals surface area contributed by atoms with E-state index in [1.54, 1.807) is 23.3 Å². The lowest BCUT2D eigenvalue weighted by molar-refractivity contribution is -0.602. The first-order valence-corrected chi connectivity index (χ1v) is 4.37. The van der Waals surface area contributed by atoms with E-state index in [2.05, 4.69) is 21.8 Å². The first-order valence-electron chi connectivity index (χ1n) is 2.31. The minimum atomic E-state index is 1.34. The van der Waals surface area contributed by atoms with E-state index in [0.29, 0.717) is 0 Å². The van der Waals surface area contributed by atoms with Crippen LogP contribution in [0.25, 0.3) is 0 Å². The zero-order valence-corrected chi connectivity index (χ0v) is 6.55. The zero-order valence-electron chi connectivity index (χ0n) is 4.92. The largest absolute Gasteiger partial charge is 0.197 e. The molecule has 0 aliphatic rings. The molecule has 0 N–H and O–H groups in total. The van der Waals surface area contributed by atoms with Gasteiger partial charge in [0.2, 0.25) is 0 Å². The van der Waals surface area contributed by atoms with Crippen LogP contribution in [0.15, 0.2) is 16.5 Å². The van der Waals surface area contributed by atoms with E-state index in [9.17, 15) is 0 Å². The molecule has 0 bridgehead atoms. The highest BCUT2D eigenvalue weighted by atomic mass is 32.2. The lowest BCUT2D eigenvalue weighted by atomic mass is 10.8. The predicted octanol–water partition coefficient (Wildman–Crippen LogP) is 1.29. The number of thioether (sulfide) groups is 1. The molecule has 0 aromatic carbocycles. The maximum absolute atomic E-state index is 2.14. The molecule has 1 aromatic heterocycles. The molecule has 0 saturated carbocycles. The third-order valence-corrected chi connectivity index (χ3v) is 2.52. The Balaban J connectivity index is 2.84. The monoisotopic (exact) mass is 146 g/mol. The molecule has 0 saturated heterocycles. The molecule has 0 fully saturated rings. The molecular formula is C5H8NS2+. The van der Waals surface area contributed by atoms with Gasteiger partial charge in [0, 0.05) is 0 Å². The molecule has 1 rings (SSSR count). The van der Waals surface area contributed by atoms with E-state index in [4.69, 9.17) is 0 Å². The molecule has 0 atom stereocenters. The lowest BCUT2D eigenvalue weighted by Crippen LogP contribution is -2.18. The second-order valence-corrected chi connectivity index (χ2v) is 3.41. The Bertz CT molecular complexity index is 171. The summed E-state index contributed by atoms with van der Waals surface area (Å²) in [6, 6.07) is 0. The van der Waals surface area contributed by atoms with Crippen molar-refractivity contribution in [1.82, 2.24) is 0 Å². The number of aromatic nitrogens is 1. The van der Waals surface area contributed by atoms with Gasteiger partial charge in [0.15, 0.2) is 13.2 Å². The summed E-state index contributed by atoms with van der Waals surface area (Å²) < 4.78 is 2.09. The summed E-state index contributed by atoms with van der Waals surface area (Å²) in [6.07, 6.45) is 4.21. The molecule has 8 heavy (non-hydrogen) atoms. The molecule has 1 heterocycles. The van der Waals surface area contributed by atoms with Crippen LogP contribution in [0.4, 0.5) is 0 Å². The maximum Gasteiger partial charge on any atom is 0.197 e. The fourth-order valence-corrected chi connectivity index (χ4v) is 1.83. The van der Waals surface area contributed by atoms with Crippen LogP contribution in [-0.2, 0) is 7.05 Å². The van der Waals surface area contributed by atoms with Crippen LogP contribution in [0.3, 0.4) is 0 Å². The van der Waals surface area contributed by atoms with E-state index in [0.717, 1.165) is 0 Å². The molecule has 1 aromatic rings. The number of aryl methyl sites for hydroxylation is 1. The van der Waals surface area contributed by atoms with Crippen molar-refractivity contribution in [2.75, 3.05) is 6.26 Å². The highest BCUT2D eigenvalue weighted by molar-refractivity contribution is 7.98. The van der Waals surface area contributed by atoms with Gasteiger partial charge in [-0.3, -0.25) is 0 Å². The van der Waals surface area contributed by atoms with Gasteiger partial charge in [0.05, 0.1) is 10.3 Å². The van der Waals surface area contributed by atoms with Crippen LogP contribution in [0.5, 0.6) is 0 Å². The highest BCUT2D eigenvalue weighted by Gasteiger charge is 1.97. The van der Waals surface area contributed by atoms with E-state index < -0.39 is 0 Å². The topological polar surface area (TPSA) is 3.88 Å². The number of nitrogens with zero attached hydrogens (tertiary/aromatic N) is 1. The lowest BCUT2D eigenvalue weighted by Gasteiger charge is -1.74. The second kappa shape index (κ2) is 2.51. The summed E-state index contributed by atoms with van der Waals surface area (Å²) in [5.41, 5.74) is 0. The van der Waals surface area contributed by atoms with Gasteiger partial charge in [0.25, 0.3) is 0 Å². The quantitative estimate of drug-likeness (QED) is 0.426. The summed E-state index contributed by atoms with van der Waals surface area (Å²) in [5.74, 6) is 0. The standard InChI is InChI=1S/C5H8NS2/c1-6-3-5(7-2)4-8-6/h3-4H,1-2H3/q+1. The Morgan fingerprint density at radius 3 is 2.75 bits per heavy atom. The van der Waals surface area contributed by atoms with E-state index in [1.165, 1.54) is 4.90 Å². The molecule has 44 valence electrons. The van der Waals surface area contributed by atoms with Crippen LogP contribution in [0.1, 0.15) is 0 Å². The van der Waals surface area contributed by atoms with Crippen molar-refractivity contribution in [3.8, 4) is 0 Å². The Labute approximate surface area is 57.5 Å². The zero-order chi connectivity index (χ0) is 5.98. The van der Waals surface area contributed by atoms with E-state index >= 15 is 0 Å². The fraction of sp³-hybridized carbons (Fsp3) is 0.400. The van der Waals surface area contributed by atoms with Gasteiger partial charge in [-0.05, 0) is 6.26 Å². The Morgan fingerprint density at radius 1 is 1.75 bits per heavy atom. The van der Waals surface area contributed by atoms with Gasteiger partial charge in [0.1, 0.15) is 11.5 Å². The molecule has 0 aliphatic heterocycles. The molecule has 3 heteroatoms. The fourth-order valence-electron chi connectivity index (χ4n) is 0.476. The normalized spacial score (nSPS) is 9.75. The van der Waals surface area contributed by atoms with Gasteiger partial charge in [-0.1, -0.05) is 0 Å². The van der Waals surface area contributed by atoms with Gasteiger partial charge >= 0.3 is 0 Å². The smallest absolute Gasteiger partial charge is 0.143 e. The van der Waals surface area contributed by atoms with Crippen molar-refractivity contribution in [3.05, 3.63) is 11.6 Å². The van der Waals surface area contributed by atoms with Gasteiger partial charge in [-0.25, -0.2) is 0 Å². The second-order valence-electron chi connectivity index (χ2n) is 1.51. The summed E-state index contributed by atoms with van der Waals surface area (Å²) >= 11 is 3.50. The van der Waals surface area contributed by atoms with Crippen molar-refractivity contribution in [2.24, 2.45) is 7.05 Å². The van der Waals surface area contributed by atoms with Crippen molar-refractivity contribution < 1.29 is 3.96 Å². The van der Waals surface area contributed by atoms with Crippen molar-refractivity contribution >= 4 is 23.3 Å². The average Bonchev–Trinajstić information content (AvgIpc) is 2.14. The maximum atomic E-state index is 2.14. The van der Waals surface area contributed by atoms with E-state index in [1.807, 2.05) is 7.05 Å². The van der Waals surface area contributed by atoms with Crippen molar-refractivity contribution in [2.45, 2.75) is 4.90 Å². The average molecular weight is 146 g/mol. The molecule has 0 unspecified atom stereocenters. The van der Waals surface area contributed by atoms with Crippen LogP contribution >= 0.6 is 23.3 Å². The molecule has 1 nitrogen and oxygen atoms in total. The van der Waals surface area contributed by atoms with Crippen LogP contribution in [0.2, 0.25) is 0 Å². The third kappa shape index (κ3) is 1.23. The summed E-state index contributed by atoms with van der Waals surface area (Å²) in [7, 11) is 2.05. The number of rotatable bonds is 1. The van der Waals surface area contributed by atoms with Gasteiger partial charge < -0.3 is 0 Å². The summed E-state index contributed by atoms with van der Waals surface area (Å²) in [5, 5.41) is 2.14. The molecular weight excluding hydrogens is 138 g/mol. The first kappa shape index (κ1) is 6.11. The van der Waals surface area contributed by atoms with Crippen LogP contribution < -0.4 is 3.96 Å². The van der Waals surface area contributed by atoms with Crippen molar-refractivity contribution in [3.63, 3.8) is 0 Å². The van der Waals surface area contributed by atoms with E-state index in [-0.39, 0.29) is 0 Å². The predicted molar refractivity (Wildman–Crippen MR) is 37.3 cm³/mol. The molecule has 0 spiro atoms. The number of hydrogen-bond acceptors (Lipinski definition) is 2. The van der Waals surface area contributed by atoms with Crippen LogP contribution in [0, 0.1) is 0 Å². The van der Waals surface area contributed by atoms with Crippen molar-refractivity contribution in [1.29, 1.82) is 0 Å². The molecule has 0 aliphatic carbocycles. The Morgan fingerprint density at radius 2 is 2.50 bits per heavy atom. The van der Waals surface area contributed by atoms with Gasteiger partial charge in [-0.2, -0.15) is 0 Å². The third-order valence-electron chi connectivity index (χ3n) is 0.880. The van der Waals surface area contributed by atoms with Crippen LogP contribution in [-0.4, -0.2) is 6.26 Å². The molecule has 0 amide bonds. The minimum Gasteiger partial charge on any atom is -0.143 e. The highest BCUT2D eigenvalue weighted by Crippen LogP contribution is 2.12. The number of hydrogen-bond donors (Lipinski definition) is 0. The SMILES string of the molecule is CSc1cs[n+](C)c1.